The van der Waals surface area contributed by atoms with E-state index in [0.717, 1.165) is 11.1 Å². The van der Waals surface area contributed by atoms with Gasteiger partial charge in [0.1, 0.15) is 23.7 Å². The molecule has 1 amide bonds. The Labute approximate surface area is 186 Å². The Hall–Kier alpha value is -3.62. The molecule has 0 radical (unpaired) electrons. The maximum Gasteiger partial charge on any atom is 0.359 e. The molecule has 0 spiro atoms. The first kappa shape index (κ1) is 23.1. The van der Waals surface area contributed by atoms with Crippen LogP contribution in [0.4, 0.5) is 5.82 Å². The first-order valence-electron chi connectivity index (χ1n) is 10.1. The van der Waals surface area contributed by atoms with Crippen molar-refractivity contribution in [3.63, 3.8) is 0 Å². The van der Waals surface area contributed by atoms with E-state index in [4.69, 9.17) is 14.2 Å². The third kappa shape index (κ3) is 4.66. The molecule has 2 aromatic rings. The minimum atomic E-state index is -0.694. The molecule has 1 aromatic heterocycles. The van der Waals surface area contributed by atoms with Gasteiger partial charge >= 0.3 is 11.9 Å². The largest absolute Gasteiger partial charge is 0.488 e. The predicted molar refractivity (Wildman–Crippen MR) is 118 cm³/mol. The number of esters is 2. The lowest BCUT2D eigenvalue weighted by atomic mass is 9.94. The standard InChI is InChI=1S/C23H27N3O6/c1-11-12(2)19-16(13(3)18(11)31-14(4)27)8-15(9-30-19)21(28)26-20-17(24-10-25-20)22(29)32-23(5,6)7/h8,10H,9H2,1-7H3,(H,24,25)(H,26,28). The van der Waals surface area contributed by atoms with E-state index >= 15 is 0 Å². The number of nitrogens with one attached hydrogen (secondary N) is 2. The Morgan fingerprint density at radius 2 is 1.81 bits per heavy atom. The maximum atomic E-state index is 12.9. The number of aromatic nitrogens is 2. The van der Waals surface area contributed by atoms with Gasteiger partial charge in [0.05, 0.1) is 11.9 Å². The summed E-state index contributed by atoms with van der Waals surface area (Å²) in [7, 11) is 0. The van der Waals surface area contributed by atoms with Crippen molar-refractivity contribution in [2.45, 2.75) is 54.1 Å². The molecule has 3 rings (SSSR count). The summed E-state index contributed by atoms with van der Waals surface area (Å²) >= 11 is 0. The van der Waals surface area contributed by atoms with Crippen LogP contribution in [-0.4, -0.2) is 40.0 Å². The fraction of sp³-hybridized carbons (Fsp3) is 0.391. The molecule has 0 fully saturated rings. The first-order chi connectivity index (χ1) is 14.9. The molecule has 0 saturated heterocycles. The minimum absolute atomic E-state index is 0.0393. The van der Waals surface area contributed by atoms with E-state index in [-0.39, 0.29) is 18.1 Å². The van der Waals surface area contributed by atoms with Crippen LogP contribution < -0.4 is 14.8 Å². The van der Waals surface area contributed by atoms with Crippen LogP contribution in [0.5, 0.6) is 11.5 Å². The van der Waals surface area contributed by atoms with Gasteiger partial charge in [0.25, 0.3) is 5.91 Å². The van der Waals surface area contributed by atoms with Gasteiger partial charge in [0.2, 0.25) is 0 Å². The lowest BCUT2D eigenvalue weighted by Crippen LogP contribution is -2.26. The summed E-state index contributed by atoms with van der Waals surface area (Å²) in [4.78, 5) is 43.6. The number of H-pyrrole nitrogens is 1. The summed E-state index contributed by atoms with van der Waals surface area (Å²) in [5, 5.41) is 2.63. The number of amides is 1. The van der Waals surface area contributed by atoms with Gasteiger partial charge in [-0.15, -0.1) is 0 Å². The second-order valence-corrected chi connectivity index (χ2v) is 8.58. The van der Waals surface area contributed by atoms with Crippen LogP contribution in [-0.2, 0) is 14.3 Å². The molecule has 1 aromatic carbocycles. The van der Waals surface area contributed by atoms with Crippen LogP contribution in [0.1, 0.15) is 60.4 Å². The third-order valence-corrected chi connectivity index (χ3v) is 4.94. The summed E-state index contributed by atoms with van der Waals surface area (Å²) in [5.74, 6) is -0.371. The molecular formula is C23H27N3O6. The van der Waals surface area contributed by atoms with Crippen molar-refractivity contribution in [3.05, 3.63) is 39.8 Å². The van der Waals surface area contributed by atoms with Crippen LogP contribution in [0.15, 0.2) is 11.9 Å². The fourth-order valence-electron chi connectivity index (χ4n) is 3.33. The number of benzene rings is 1. The molecule has 9 heteroatoms. The van der Waals surface area contributed by atoms with Crippen LogP contribution in [0, 0.1) is 20.8 Å². The van der Waals surface area contributed by atoms with Crippen molar-refractivity contribution in [3.8, 4) is 11.5 Å². The van der Waals surface area contributed by atoms with Gasteiger partial charge in [-0.2, -0.15) is 0 Å². The highest BCUT2D eigenvalue weighted by molar-refractivity contribution is 6.09. The van der Waals surface area contributed by atoms with Gasteiger partial charge in [-0.25, -0.2) is 9.78 Å². The highest BCUT2D eigenvalue weighted by Gasteiger charge is 2.27. The number of carbonyl (C=O) groups excluding carboxylic acids is 3. The second-order valence-electron chi connectivity index (χ2n) is 8.58. The summed E-state index contributed by atoms with van der Waals surface area (Å²) in [6.07, 6.45) is 3.00. The van der Waals surface area contributed by atoms with Crippen molar-refractivity contribution >= 4 is 29.7 Å². The molecule has 1 aliphatic heterocycles. The Kier molecular flexibility index (Phi) is 6.11. The average molecular weight is 441 g/mol. The number of carbonyl (C=O) groups is 3. The van der Waals surface area contributed by atoms with Crippen LogP contribution >= 0.6 is 0 Å². The molecule has 9 nitrogen and oxygen atoms in total. The molecule has 2 N–H and O–H groups in total. The average Bonchev–Trinajstić information content (AvgIpc) is 3.16. The smallest absolute Gasteiger partial charge is 0.359 e. The topological polar surface area (TPSA) is 120 Å². The van der Waals surface area contributed by atoms with Gasteiger partial charge in [-0.3, -0.25) is 9.59 Å². The van der Waals surface area contributed by atoms with Gasteiger partial charge in [-0.1, -0.05) is 0 Å². The zero-order valence-electron chi connectivity index (χ0n) is 19.3. The van der Waals surface area contributed by atoms with Crippen molar-refractivity contribution in [1.29, 1.82) is 0 Å². The highest BCUT2D eigenvalue weighted by Crippen LogP contribution is 2.41. The number of anilines is 1. The molecule has 1 aliphatic rings. The minimum Gasteiger partial charge on any atom is -0.488 e. The second kappa shape index (κ2) is 8.49. The van der Waals surface area contributed by atoms with E-state index in [1.165, 1.54) is 13.3 Å². The van der Waals surface area contributed by atoms with Gasteiger partial charge < -0.3 is 24.5 Å². The zero-order valence-corrected chi connectivity index (χ0v) is 19.3. The van der Waals surface area contributed by atoms with Crippen molar-refractivity contribution in [2.75, 3.05) is 11.9 Å². The summed E-state index contributed by atoms with van der Waals surface area (Å²) < 4.78 is 16.6. The normalized spacial score (nSPS) is 12.9. The van der Waals surface area contributed by atoms with Crippen LogP contribution in [0.3, 0.4) is 0 Å². The molecule has 0 aliphatic carbocycles. The van der Waals surface area contributed by atoms with E-state index in [2.05, 4.69) is 15.3 Å². The molecule has 0 unspecified atom stereocenters. The lowest BCUT2D eigenvalue weighted by molar-refractivity contribution is -0.132. The number of hydrogen-bond acceptors (Lipinski definition) is 7. The van der Waals surface area contributed by atoms with E-state index in [0.29, 0.717) is 28.2 Å². The molecule has 170 valence electrons. The van der Waals surface area contributed by atoms with E-state index in [1.807, 2.05) is 13.8 Å². The molecule has 0 saturated carbocycles. The van der Waals surface area contributed by atoms with Gasteiger partial charge in [0, 0.05) is 18.1 Å². The van der Waals surface area contributed by atoms with E-state index in [1.54, 1.807) is 33.8 Å². The monoisotopic (exact) mass is 441 g/mol. The number of nitrogens with zero attached hydrogens (tertiary/aromatic N) is 1. The Morgan fingerprint density at radius 3 is 2.44 bits per heavy atom. The molecular weight excluding hydrogens is 414 g/mol. The quantitative estimate of drug-likeness (QED) is 0.549. The first-order valence-corrected chi connectivity index (χ1v) is 10.1. The molecule has 32 heavy (non-hydrogen) atoms. The van der Waals surface area contributed by atoms with Crippen molar-refractivity contribution in [1.82, 2.24) is 9.97 Å². The number of rotatable bonds is 4. The van der Waals surface area contributed by atoms with Crippen molar-refractivity contribution < 1.29 is 28.6 Å². The van der Waals surface area contributed by atoms with Gasteiger partial charge in [0.15, 0.2) is 11.5 Å². The third-order valence-electron chi connectivity index (χ3n) is 4.94. The predicted octanol–water partition coefficient (Wildman–Crippen LogP) is 3.63. The summed E-state index contributed by atoms with van der Waals surface area (Å²) in [6.45, 7) is 12.1. The number of ether oxygens (including phenoxy) is 3. The number of hydrogen-bond donors (Lipinski definition) is 2. The molecule has 2 heterocycles. The molecule has 0 atom stereocenters. The Morgan fingerprint density at radius 1 is 1.12 bits per heavy atom. The zero-order chi connectivity index (χ0) is 23.8. The van der Waals surface area contributed by atoms with Crippen molar-refractivity contribution in [2.24, 2.45) is 0 Å². The fourth-order valence-corrected chi connectivity index (χ4v) is 3.33. The summed E-state index contributed by atoms with van der Waals surface area (Å²) in [5.41, 5.74) is 2.67. The van der Waals surface area contributed by atoms with E-state index < -0.39 is 23.4 Å². The molecule has 0 bridgehead atoms. The Balaban J connectivity index is 1.91. The number of imidazole rings is 1. The van der Waals surface area contributed by atoms with Gasteiger partial charge in [-0.05, 0) is 58.7 Å². The van der Waals surface area contributed by atoms with Crippen LogP contribution in [0.25, 0.3) is 6.08 Å². The maximum absolute atomic E-state index is 12.9. The van der Waals surface area contributed by atoms with E-state index in [9.17, 15) is 14.4 Å². The highest BCUT2D eigenvalue weighted by atomic mass is 16.6. The Bertz CT molecular complexity index is 1140. The SMILES string of the molecule is CC(=O)Oc1c(C)c(C)c2c(c1C)C=C(C(=O)Nc1nc[nH]c1C(=O)OC(C)(C)C)CO2. The summed E-state index contributed by atoms with van der Waals surface area (Å²) in [6, 6.07) is 0. The number of aromatic amines is 1. The van der Waals surface area contributed by atoms with Crippen LogP contribution in [0.2, 0.25) is 0 Å². The lowest BCUT2D eigenvalue weighted by Gasteiger charge is -2.24. The number of fused-ring (bicyclic) bond motifs is 1.